The number of nitrogens with zero attached hydrogens (tertiary/aromatic N) is 1. The van der Waals surface area contributed by atoms with Gasteiger partial charge in [0, 0.05) is 25.2 Å². The topological polar surface area (TPSA) is 15.3 Å². The van der Waals surface area contributed by atoms with Crippen LogP contribution in [-0.4, -0.2) is 37.1 Å². The van der Waals surface area contributed by atoms with E-state index in [1.54, 1.807) is 0 Å². The Labute approximate surface area is 101 Å². The molecule has 1 fully saturated rings. The highest BCUT2D eigenvalue weighted by Crippen LogP contribution is 2.37. The highest BCUT2D eigenvalue weighted by atomic mass is 15.1. The predicted octanol–water partition coefficient (Wildman–Crippen LogP) is 2.52. The van der Waals surface area contributed by atoms with Crippen LogP contribution in [0.5, 0.6) is 0 Å². The Kier molecular flexibility index (Phi) is 4.57. The summed E-state index contributed by atoms with van der Waals surface area (Å²) in [7, 11) is 2.20. The van der Waals surface area contributed by atoms with Crippen LogP contribution in [-0.2, 0) is 0 Å². The SMILES string of the molecule is C=C(CNC(C)(C)C)CN(C)CC1CC1C. The molecule has 0 aromatic carbocycles. The fourth-order valence-electron chi connectivity index (χ4n) is 1.95. The van der Waals surface area contributed by atoms with Crippen LogP contribution in [0.1, 0.15) is 34.1 Å². The van der Waals surface area contributed by atoms with E-state index < -0.39 is 0 Å². The zero-order chi connectivity index (χ0) is 12.3. The van der Waals surface area contributed by atoms with E-state index >= 15 is 0 Å². The van der Waals surface area contributed by atoms with Crippen LogP contribution in [0.15, 0.2) is 12.2 Å². The molecule has 0 radical (unpaired) electrons. The first kappa shape index (κ1) is 13.7. The summed E-state index contributed by atoms with van der Waals surface area (Å²) in [6.45, 7) is 16.2. The Bertz CT molecular complexity index is 240. The van der Waals surface area contributed by atoms with Gasteiger partial charge in [0.1, 0.15) is 0 Å². The Balaban J connectivity index is 2.13. The second kappa shape index (κ2) is 5.33. The Morgan fingerprint density at radius 3 is 2.44 bits per heavy atom. The predicted molar refractivity (Wildman–Crippen MR) is 71.7 cm³/mol. The molecule has 1 aliphatic carbocycles. The zero-order valence-electron chi connectivity index (χ0n) is 11.6. The largest absolute Gasteiger partial charge is 0.308 e. The van der Waals surface area contributed by atoms with E-state index in [1.807, 2.05) is 0 Å². The Morgan fingerprint density at radius 2 is 2.00 bits per heavy atom. The minimum Gasteiger partial charge on any atom is -0.308 e. The molecule has 1 aliphatic rings. The Hall–Kier alpha value is -0.340. The average Bonchev–Trinajstić information content (AvgIpc) is 2.76. The molecule has 0 bridgehead atoms. The van der Waals surface area contributed by atoms with Crippen LogP contribution >= 0.6 is 0 Å². The molecule has 0 spiro atoms. The fraction of sp³-hybridized carbons (Fsp3) is 0.857. The number of hydrogen-bond donors (Lipinski definition) is 1. The molecule has 1 saturated carbocycles. The third kappa shape index (κ3) is 5.66. The van der Waals surface area contributed by atoms with E-state index in [-0.39, 0.29) is 5.54 Å². The van der Waals surface area contributed by atoms with Crippen molar-refractivity contribution in [3.8, 4) is 0 Å². The molecule has 0 aliphatic heterocycles. The maximum atomic E-state index is 4.14. The highest BCUT2D eigenvalue weighted by molar-refractivity contribution is 5.01. The lowest BCUT2D eigenvalue weighted by atomic mass is 10.1. The number of rotatable bonds is 6. The molecule has 0 heterocycles. The van der Waals surface area contributed by atoms with E-state index in [1.165, 1.54) is 18.5 Å². The van der Waals surface area contributed by atoms with Crippen LogP contribution < -0.4 is 5.32 Å². The van der Waals surface area contributed by atoms with Gasteiger partial charge >= 0.3 is 0 Å². The molecular weight excluding hydrogens is 196 g/mol. The van der Waals surface area contributed by atoms with Gasteiger partial charge in [0.25, 0.3) is 0 Å². The highest BCUT2D eigenvalue weighted by Gasteiger charge is 2.32. The van der Waals surface area contributed by atoms with Crippen molar-refractivity contribution in [2.75, 3.05) is 26.7 Å². The number of likely N-dealkylation sites (N-methyl/N-ethyl adjacent to an activating group) is 1. The van der Waals surface area contributed by atoms with E-state index in [0.717, 1.165) is 24.9 Å². The van der Waals surface area contributed by atoms with Crippen LogP contribution in [0, 0.1) is 11.8 Å². The van der Waals surface area contributed by atoms with Crippen molar-refractivity contribution in [2.45, 2.75) is 39.7 Å². The van der Waals surface area contributed by atoms with Crippen LogP contribution in [0.3, 0.4) is 0 Å². The van der Waals surface area contributed by atoms with Crippen molar-refractivity contribution >= 4 is 0 Å². The summed E-state index contributed by atoms with van der Waals surface area (Å²) < 4.78 is 0. The first-order chi connectivity index (χ1) is 7.28. The van der Waals surface area contributed by atoms with Gasteiger partial charge < -0.3 is 10.2 Å². The lowest BCUT2D eigenvalue weighted by Crippen LogP contribution is -2.38. The molecule has 94 valence electrons. The summed E-state index contributed by atoms with van der Waals surface area (Å²) >= 11 is 0. The van der Waals surface area contributed by atoms with Crippen LogP contribution in [0.4, 0.5) is 0 Å². The molecule has 0 amide bonds. The van der Waals surface area contributed by atoms with Gasteiger partial charge in [-0.05, 0) is 51.6 Å². The summed E-state index contributed by atoms with van der Waals surface area (Å²) in [5.74, 6) is 1.89. The molecule has 0 aromatic heterocycles. The van der Waals surface area contributed by atoms with Crippen molar-refractivity contribution in [2.24, 2.45) is 11.8 Å². The van der Waals surface area contributed by atoms with Crippen molar-refractivity contribution in [1.29, 1.82) is 0 Å². The van der Waals surface area contributed by atoms with Gasteiger partial charge in [-0.25, -0.2) is 0 Å². The van der Waals surface area contributed by atoms with Crippen LogP contribution in [0.25, 0.3) is 0 Å². The molecule has 2 heteroatoms. The fourth-order valence-corrected chi connectivity index (χ4v) is 1.95. The van der Waals surface area contributed by atoms with Gasteiger partial charge in [-0.3, -0.25) is 0 Å². The van der Waals surface area contributed by atoms with Gasteiger partial charge in [0.15, 0.2) is 0 Å². The zero-order valence-corrected chi connectivity index (χ0v) is 11.6. The van der Waals surface area contributed by atoms with Gasteiger partial charge in [0.2, 0.25) is 0 Å². The molecule has 2 unspecified atom stereocenters. The summed E-state index contributed by atoms with van der Waals surface area (Å²) in [6.07, 6.45) is 1.41. The summed E-state index contributed by atoms with van der Waals surface area (Å²) in [4.78, 5) is 2.40. The van der Waals surface area contributed by atoms with Gasteiger partial charge in [-0.2, -0.15) is 0 Å². The van der Waals surface area contributed by atoms with E-state index in [0.29, 0.717) is 0 Å². The standard InChI is InChI=1S/C14H28N2/c1-11(8-15-14(3,4)5)9-16(6)10-13-7-12(13)2/h12-13,15H,1,7-10H2,2-6H3. The molecule has 16 heavy (non-hydrogen) atoms. The smallest absolute Gasteiger partial charge is 0.0199 e. The lowest BCUT2D eigenvalue weighted by molar-refractivity contribution is 0.333. The second-order valence-corrected chi connectivity index (χ2v) is 6.52. The van der Waals surface area contributed by atoms with Gasteiger partial charge in [-0.15, -0.1) is 0 Å². The molecule has 0 aromatic rings. The molecule has 2 nitrogen and oxygen atoms in total. The third-order valence-corrected chi connectivity index (χ3v) is 3.18. The van der Waals surface area contributed by atoms with Crippen molar-refractivity contribution in [3.05, 3.63) is 12.2 Å². The van der Waals surface area contributed by atoms with E-state index in [2.05, 4.69) is 51.5 Å². The number of nitrogens with one attached hydrogen (secondary N) is 1. The summed E-state index contributed by atoms with van der Waals surface area (Å²) in [6, 6.07) is 0. The minimum atomic E-state index is 0.187. The monoisotopic (exact) mass is 224 g/mol. The maximum absolute atomic E-state index is 4.14. The normalized spacial score (nSPS) is 24.9. The lowest BCUT2D eigenvalue weighted by Gasteiger charge is -2.23. The number of hydrogen-bond acceptors (Lipinski definition) is 2. The van der Waals surface area contributed by atoms with Crippen molar-refractivity contribution in [3.63, 3.8) is 0 Å². The first-order valence-electron chi connectivity index (χ1n) is 6.38. The summed E-state index contributed by atoms with van der Waals surface area (Å²) in [5.41, 5.74) is 1.47. The van der Waals surface area contributed by atoms with Gasteiger partial charge in [0.05, 0.1) is 0 Å². The molecule has 2 atom stereocenters. The molecule has 1 N–H and O–H groups in total. The average molecular weight is 224 g/mol. The van der Waals surface area contributed by atoms with E-state index in [9.17, 15) is 0 Å². The first-order valence-corrected chi connectivity index (χ1v) is 6.38. The van der Waals surface area contributed by atoms with E-state index in [4.69, 9.17) is 0 Å². The maximum Gasteiger partial charge on any atom is 0.0199 e. The summed E-state index contributed by atoms with van der Waals surface area (Å²) in [5, 5.41) is 3.48. The molecular formula is C14H28N2. The quantitative estimate of drug-likeness (QED) is 0.697. The van der Waals surface area contributed by atoms with Crippen molar-refractivity contribution in [1.82, 2.24) is 10.2 Å². The second-order valence-electron chi connectivity index (χ2n) is 6.52. The molecule has 0 saturated heterocycles. The minimum absolute atomic E-state index is 0.187. The van der Waals surface area contributed by atoms with Crippen molar-refractivity contribution < 1.29 is 0 Å². The molecule has 1 rings (SSSR count). The third-order valence-electron chi connectivity index (χ3n) is 3.18. The van der Waals surface area contributed by atoms with Gasteiger partial charge in [-0.1, -0.05) is 13.5 Å². The van der Waals surface area contributed by atoms with Crippen LogP contribution in [0.2, 0.25) is 0 Å². The Morgan fingerprint density at radius 1 is 1.44 bits per heavy atom.